The summed E-state index contributed by atoms with van der Waals surface area (Å²) in [5, 5.41) is 0. The molecule has 4 nitrogen and oxygen atoms in total. The molecule has 3 atom stereocenters. The van der Waals surface area contributed by atoms with Gasteiger partial charge in [-0.15, -0.1) is 0 Å². The summed E-state index contributed by atoms with van der Waals surface area (Å²) < 4.78 is 37.3. The van der Waals surface area contributed by atoms with Gasteiger partial charge in [0.15, 0.2) is 0 Å². The maximum absolute atomic E-state index is 13.5. The van der Waals surface area contributed by atoms with E-state index in [0.717, 1.165) is 22.6 Å². The Morgan fingerprint density at radius 1 is 0.824 bits per heavy atom. The zero-order valence-electron chi connectivity index (χ0n) is 20.5. The van der Waals surface area contributed by atoms with Gasteiger partial charge >= 0.3 is 0 Å². The standard InChI is InChI=1S/C29H35FO4/c1-5-32-20-29(34-27-14-6-21(2)7-15-27)28(18-23-8-12-25(30)13-9-23)22(3)33-19-24-10-16-26(31-4)17-11-24/h6-17,22,28-29H,5,18-20H2,1-4H3. The number of benzene rings is 3. The van der Waals surface area contributed by atoms with Gasteiger partial charge in [0.25, 0.3) is 0 Å². The van der Waals surface area contributed by atoms with E-state index in [1.165, 1.54) is 17.7 Å². The molecule has 0 aliphatic carbocycles. The lowest BCUT2D eigenvalue weighted by atomic mass is 9.89. The van der Waals surface area contributed by atoms with Crippen molar-refractivity contribution >= 4 is 0 Å². The van der Waals surface area contributed by atoms with Crippen LogP contribution in [0, 0.1) is 18.7 Å². The molecule has 0 radical (unpaired) electrons. The van der Waals surface area contributed by atoms with Crippen LogP contribution in [0.2, 0.25) is 0 Å². The van der Waals surface area contributed by atoms with Crippen molar-refractivity contribution in [3.8, 4) is 11.5 Å². The maximum Gasteiger partial charge on any atom is 0.128 e. The molecule has 0 saturated heterocycles. The van der Waals surface area contributed by atoms with Crippen molar-refractivity contribution in [2.45, 2.75) is 46.0 Å². The molecule has 0 N–H and O–H groups in total. The third-order valence-electron chi connectivity index (χ3n) is 5.93. The Kier molecular flexibility index (Phi) is 9.92. The zero-order chi connectivity index (χ0) is 24.3. The zero-order valence-corrected chi connectivity index (χ0v) is 20.5. The molecule has 3 aromatic carbocycles. The van der Waals surface area contributed by atoms with Crippen LogP contribution in [0.15, 0.2) is 72.8 Å². The number of halogens is 1. The summed E-state index contributed by atoms with van der Waals surface area (Å²) in [4.78, 5) is 0. The highest BCUT2D eigenvalue weighted by molar-refractivity contribution is 5.27. The summed E-state index contributed by atoms with van der Waals surface area (Å²) in [6, 6.07) is 22.5. The summed E-state index contributed by atoms with van der Waals surface area (Å²) in [6.07, 6.45) is 0.301. The van der Waals surface area contributed by atoms with Gasteiger partial charge < -0.3 is 18.9 Å². The molecule has 0 heterocycles. The second-order valence-electron chi connectivity index (χ2n) is 8.49. The van der Waals surface area contributed by atoms with Gasteiger partial charge in [-0.1, -0.05) is 42.0 Å². The highest BCUT2D eigenvalue weighted by atomic mass is 19.1. The number of hydrogen-bond acceptors (Lipinski definition) is 4. The van der Waals surface area contributed by atoms with Crippen LogP contribution in [0.1, 0.15) is 30.5 Å². The summed E-state index contributed by atoms with van der Waals surface area (Å²) in [6.45, 7) is 7.59. The molecule has 0 saturated carbocycles. The molecule has 0 aliphatic heterocycles. The average molecular weight is 467 g/mol. The fourth-order valence-corrected chi connectivity index (χ4v) is 3.84. The fraction of sp³-hybridized carbons (Fsp3) is 0.379. The van der Waals surface area contributed by atoms with E-state index in [-0.39, 0.29) is 23.9 Å². The van der Waals surface area contributed by atoms with Crippen molar-refractivity contribution in [2.24, 2.45) is 5.92 Å². The van der Waals surface area contributed by atoms with Crippen LogP contribution < -0.4 is 9.47 Å². The Morgan fingerprint density at radius 2 is 1.44 bits per heavy atom. The van der Waals surface area contributed by atoms with Crippen LogP contribution >= 0.6 is 0 Å². The monoisotopic (exact) mass is 466 g/mol. The van der Waals surface area contributed by atoms with Gasteiger partial charge in [-0.25, -0.2) is 4.39 Å². The largest absolute Gasteiger partial charge is 0.497 e. The Bertz CT molecular complexity index is 971. The number of aryl methyl sites for hydroxylation is 1. The Hall–Kier alpha value is -2.89. The first-order valence-electron chi connectivity index (χ1n) is 11.8. The topological polar surface area (TPSA) is 36.9 Å². The Morgan fingerprint density at radius 3 is 2.06 bits per heavy atom. The first-order chi connectivity index (χ1) is 16.5. The number of hydrogen-bond donors (Lipinski definition) is 0. The second kappa shape index (κ2) is 13.1. The predicted molar refractivity (Wildman–Crippen MR) is 133 cm³/mol. The van der Waals surface area contributed by atoms with Crippen LogP contribution in [0.3, 0.4) is 0 Å². The van der Waals surface area contributed by atoms with Crippen molar-refractivity contribution in [1.82, 2.24) is 0 Å². The van der Waals surface area contributed by atoms with Crippen LogP contribution in [0.4, 0.5) is 4.39 Å². The van der Waals surface area contributed by atoms with Gasteiger partial charge in [-0.05, 0) is 74.7 Å². The van der Waals surface area contributed by atoms with Crippen molar-refractivity contribution in [3.05, 3.63) is 95.3 Å². The van der Waals surface area contributed by atoms with Crippen molar-refractivity contribution in [2.75, 3.05) is 20.3 Å². The molecule has 0 spiro atoms. The Labute approximate surface area is 202 Å². The minimum atomic E-state index is -0.245. The highest BCUT2D eigenvalue weighted by Gasteiger charge is 2.30. The van der Waals surface area contributed by atoms with E-state index in [2.05, 4.69) is 6.92 Å². The van der Waals surface area contributed by atoms with Crippen LogP contribution in [0.25, 0.3) is 0 Å². The molecule has 3 rings (SSSR count). The normalized spacial score (nSPS) is 13.8. The average Bonchev–Trinajstić information content (AvgIpc) is 2.86. The van der Waals surface area contributed by atoms with Crippen molar-refractivity contribution < 1.29 is 23.3 Å². The van der Waals surface area contributed by atoms with E-state index in [1.54, 1.807) is 7.11 Å². The molecule has 0 amide bonds. The van der Waals surface area contributed by atoms with Gasteiger partial charge in [0.1, 0.15) is 23.4 Å². The van der Waals surface area contributed by atoms with E-state index >= 15 is 0 Å². The van der Waals surface area contributed by atoms with Crippen molar-refractivity contribution in [3.63, 3.8) is 0 Å². The smallest absolute Gasteiger partial charge is 0.128 e. The molecule has 0 aliphatic rings. The molecule has 182 valence electrons. The molecule has 3 aromatic rings. The minimum absolute atomic E-state index is 0.0171. The molecular weight excluding hydrogens is 431 g/mol. The molecule has 0 fully saturated rings. The van der Waals surface area contributed by atoms with Gasteiger partial charge in [-0.3, -0.25) is 0 Å². The molecular formula is C29H35FO4. The predicted octanol–water partition coefficient (Wildman–Crippen LogP) is 6.39. The summed E-state index contributed by atoms with van der Waals surface area (Å²) in [7, 11) is 1.65. The molecule has 3 unspecified atom stereocenters. The summed E-state index contributed by atoms with van der Waals surface area (Å²) in [5.74, 6) is 1.35. The summed E-state index contributed by atoms with van der Waals surface area (Å²) in [5.41, 5.74) is 3.27. The minimum Gasteiger partial charge on any atom is -0.497 e. The highest BCUT2D eigenvalue weighted by Crippen LogP contribution is 2.26. The van der Waals surface area contributed by atoms with Crippen LogP contribution in [0.5, 0.6) is 11.5 Å². The van der Waals surface area contributed by atoms with E-state index < -0.39 is 0 Å². The third-order valence-corrected chi connectivity index (χ3v) is 5.93. The number of methoxy groups -OCH3 is 1. The van der Waals surface area contributed by atoms with Gasteiger partial charge in [-0.2, -0.15) is 0 Å². The van der Waals surface area contributed by atoms with Crippen LogP contribution in [-0.4, -0.2) is 32.5 Å². The van der Waals surface area contributed by atoms with E-state index in [9.17, 15) is 4.39 Å². The third kappa shape index (κ3) is 7.86. The second-order valence-corrected chi connectivity index (χ2v) is 8.49. The molecule has 34 heavy (non-hydrogen) atoms. The lowest BCUT2D eigenvalue weighted by Gasteiger charge is -2.32. The fourth-order valence-electron chi connectivity index (χ4n) is 3.84. The first-order valence-corrected chi connectivity index (χ1v) is 11.8. The molecule has 0 aromatic heterocycles. The molecule has 0 bridgehead atoms. The Balaban J connectivity index is 1.80. The van der Waals surface area contributed by atoms with Crippen LogP contribution in [-0.2, 0) is 22.5 Å². The quantitative estimate of drug-likeness (QED) is 0.292. The van der Waals surface area contributed by atoms with Gasteiger partial charge in [0, 0.05) is 12.5 Å². The van der Waals surface area contributed by atoms with Crippen molar-refractivity contribution in [1.29, 1.82) is 0 Å². The van der Waals surface area contributed by atoms with E-state index in [4.69, 9.17) is 18.9 Å². The van der Waals surface area contributed by atoms with Gasteiger partial charge in [0.2, 0.25) is 0 Å². The lowest BCUT2D eigenvalue weighted by Crippen LogP contribution is -2.40. The number of rotatable bonds is 13. The summed E-state index contributed by atoms with van der Waals surface area (Å²) >= 11 is 0. The van der Waals surface area contributed by atoms with Gasteiger partial charge in [0.05, 0.1) is 26.4 Å². The first kappa shape index (κ1) is 25.7. The number of ether oxygens (including phenoxy) is 4. The van der Waals surface area contributed by atoms with E-state index in [0.29, 0.717) is 26.2 Å². The molecule has 5 heteroatoms. The van der Waals surface area contributed by atoms with E-state index in [1.807, 2.05) is 74.5 Å². The lowest BCUT2D eigenvalue weighted by molar-refractivity contribution is -0.0521. The maximum atomic E-state index is 13.5. The SMILES string of the molecule is CCOCC(Oc1ccc(C)cc1)C(Cc1ccc(F)cc1)C(C)OCc1ccc(OC)cc1.